The van der Waals surface area contributed by atoms with E-state index in [0.717, 1.165) is 39.0 Å². The number of nitrogens with one attached hydrogen (secondary N) is 4. The van der Waals surface area contributed by atoms with Gasteiger partial charge in [0.1, 0.15) is 35.4 Å². The van der Waals surface area contributed by atoms with E-state index in [0.29, 0.717) is 42.6 Å². The number of aliphatic carboxylic acids is 1. The van der Waals surface area contributed by atoms with E-state index in [2.05, 4.69) is 10.6 Å². The average Bonchev–Trinajstić information content (AvgIpc) is 4.15. The van der Waals surface area contributed by atoms with Gasteiger partial charge in [-0.15, -0.1) is 0 Å². The zero-order valence-electron chi connectivity index (χ0n) is 41.9. The number of amidine groups is 2. The Bertz CT molecular complexity index is 3000. The average molecular weight is 1080 g/mol. The molecule has 0 saturated carbocycles. The number of halogens is 2. The SMILES string of the molecule is CCOC(=O)[C@@H]1CCCN1C(=O)c1cc(F)cc(N2CCO[C@H]([C@@H](O)C(=O)Nc3ccc(C(=N)N)cc3)C2=O)c1.N=C(N)c1ccc(NC(=O)[C@H](O)[C@H]2OCCN(c3cc(F)cc(C(=O)N4CCC[C@H]4C(=O)O)c3)C2=O)cc1. The predicted octanol–water partition coefficient (Wildman–Crippen LogP) is 1.54. The molecular formula is C52H56F2N10O14. The number of carbonyl (C=O) groups excluding carboxylic acids is 7. The summed E-state index contributed by atoms with van der Waals surface area (Å²) in [7, 11) is 0. The van der Waals surface area contributed by atoms with Crippen molar-refractivity contribution in [2.75, 3.05) is 66.4 Å². The number of carboxylic acid groups (broad SMARTS) is 1. The number of aliphatic hydroxyl groups is 2. The van der Waals surface area contributed by atoms with Gasteiger partial charge in [-0.2, -0.15) is 0 Å². The largest absolute Gasteiger partial charge is 0.480 e. The van der Waals surface area contributed by atoms with Gasteiger partial charge in [0.2, 0.25) is 0 Å². The fraction of sp³-hybridized carbons (Fsp3) is 0.346. The Morgan fingerprint density at radius 3 is 1.42 bits per heavy atom. The molecule has 24 nitrogen and oxygen atoms in total. The minimum atomic E-state index is -1.91. The smallest absolute Gasteiger partial charge is 0.328 e. The molecule has 6 atom stereocenters. The number of carboxylic acids is 1. The molecule has 78 heavy (non-hydrogen) atoms. The molecule has 8 rings (SSSR count). The second kappa shape index (κ2) is 25.0. The van der Waals surface area contributed by atoms with Crippen molar-refractivity contribution in [3.8, 4) is 0 Å². The second-order valence-electron chi connectivity index (χ2n) is 18.2. The van der Waals surface area contributed by atoms with Gasteiger partial charge in [-0.25, -0.2) is 18.4 Å². The molecule has 0 radical (unpaired) electrons. The number of anilines is 4. The van der Waals surface area contributed by atoms with Crippen molar-refractivity contribution in [3.05, 3.63) is 119 Å². The van der Waals surface area contributed by atoms with Gasteiger partial charge in [-0.05, 0) is 118 Å². The van der Waals surface area contributed by atoms with Crippen LogP contribution in [0.4, 0.5) is 31.5 Å². The first-order chi connectivity index (χ1) is 37.2. The Labute approximate surface area is 443 Å². The van der Waals surface area contributed by atoms with Crippen LogP contribution >= 0.6 is 0 Å². The van der Waals surface area contributed by atoms with Crippen LogP contribution in [0.3, 0.4) is 0 Å². The first-order valence-electron chi connectivity index (χ1n) is 24.5. The number of amides is 6. The van der Waals surface area contributed by atoms with Crippen LogP contribution in [0, 0.1) is 22.5 Å². The first-order valence-corrected chi connectivity index (χ1v) is 24.5. The standard InChI is InChI=1S/C27H30FN5O7.C25H26FN5O7/c1-2-39-27(38)20-4-3-9-33(20)25(36)16-12-17(28)14-19(13-16)32-10-11-40-22(26(32)37)21(34)24(35)31-18-7-5-15(6-8-18)23(29)30;26-15-10-14(23(34)31-7-1-2-18(31)25(36)37)11-17(12-15)30-8-9-38-20(24(30)35)19(32)22(33)29-16-5-3-13(4-6-16)21(27)28/h5-8,12-14,20-22,34H,2-4,9-11H2,1H3,(H3,29,30)(H,31,35);3-6,10-12,18-20,32H,1-2,7-9H2,(H3,27,28)(H,29,33)(H,36,37)/t20-,21+,22+;18-,19+,20+/m00/s1. The number of rotatable bonds is 15. The van der Waals surface area contributed by atoms with Crippen LogP contribution in [-0.2, 0) is 43.0 Å². The molecule has 0 bridgehead atoms. The van der Waals surface area contributed by atoms with Crippen LogP contribution in [0.5, 0.6) is 0 Å². The van der Waals surface area contributed by atoms with Gasteiger partial charge in [0.15, 0.2) is 24.4 Å². The number of aliphatic hydroxyl groups excluding tert-OH is 2. The van der Waals surface area contributed by atoms with E-state index in [4.69, 9.17) is 36.5 Å². The van der Waals surface area contributed by atoms with E-state index >= 15 is 0 Å². The monoisotopic (exact) mass is 1080 g/mol. The lowest BCUT2D eigenvalue weighted by Crippen LogP contribution is -2.55. The van der Waals surface area contributed by atoms with Crippen molar-refractivity contribution in [1.82, 2.24) is 9.80 Å². The number of nitrogens with two attached hydrogens (primary N) is 2. The Morgan fingerprint density at radius 1 is 0.641 bits per heavy atom. The van der Waals surface area contributed by atoms with E-state index < -0.39 is 95.5 Å². The molecule has 4 aliphatic heterocycles. The predicted molar refractivity (Wildman–Crippen MR) is 274 cm³/mol. The second-order valence-corrected chi connectivity index (χ2v) is 18.2. The number of nitrogen functional groups attached to an aromatic ring is 2. The molecule has 412 valence electrons. The van der Waals surface area contributed by atoms with Crippen molar-refractivity contribution in [1.29, 1.82) is 10.8 Å². The fourth-order valence-corrected chi connectivity index (χ4v) is 9.15. The molecule has 11 N–H and O–H groups in total. The number of nitrogens with zero attached hydrogens (tertiary/aromatic N) is 4. The molecule has 0 aromatic heterocycles. The molecule has 26 heteroatoms. The molecule has 4 aromatic carbocycles. The van der Waals surface area contributed by atoms with E-state index in [9.17, 15) is 62.5 Å². The molecule has 4 saturated heterocycles. The summed E-state index contributed by atoms with van der Waals surface area (Å²) in [6.45, 7) is 2.14. The lowest BCUT2D eigenvalue weighted by molar-refractivity contribution is -0.150. The van der Waals surface area contributed by atoms with Crippen LogP contribution in [0.15, 0.2) is 84.9 Å². The van der Waals surface area contributed by atoms with Crippen LogP contribution in [0.2, 0.25) is 0 Å². The highest BCUT2D eigenvalue weighted by molar-refractivity contribution is 6.07. The number of ether oxygens (including phenoxy) is 3. The third-order valence-corrected chi connectivity index (χ3v) is 13.0. The van der Waals surface area contributed by atoms with Gasteiger partial charge in [0, 0.05) is 71.2 Å². The minimum Gasteiger partial charge on any atom is -0.480 e. The van der Waals surface area contributed by atoms with Crippen molar-refractivity contribution in [2.24, 2.45) is 11.5 Å². The zero-order chi connectivity index (χ0) is 56.5. The van der Waals surface area contributed by atoms with Gasteiger partial charge in [0.05, 0.1) is 19.8 Å². The van der Waals surface area contributed by atoms with E-state index in [1.165, 1.54) is 65.6 Å². The minimum absolute atomic E-state index is 0.00477. The van der Waals surface area contributed by atoms with Crippen LogP contribution in [0.25, 0.3) is 0 Å². The van der Waals surface area contributed by atoms with Crippen LogP contribution in [0.1, 0.15) is 64.4 Å². The Kier molecular flexibility index (Phi) is 18.2. The molecule has 0 unspecified atom stereocenters. The van der Waals surface area contributed by atoms with Crippen molar-refractivity contribution >= 4 is 81.8 Å². The topological polar surface area (TPSA) is 362 Å². The summed E-state index contributed by atoms with van der Waals surface area (Å²) >= 11 is 0. The van der Waals surface area contributed by atoms with E-state index in [-0.39, 0.29) is 85.7 Å². The summed E-state index contributed by atoms with van der Waals surface area (Å²) < 4.78 is 45.0. The number of carbonyl (C=O) groups is 8. The molecule has 4 aromatic rings. The maximum Gasteiger partial charge on any atom is 0.328 e. The fourth-order valence-electron chi connectivity index (χ4n) is 9.15. The molecule has 4 fully saturated rings. The lowest BCUT2D eigenvalue weighted by Gasteiger charge is -2.34. The molecular weight excluding hydrogens is 1030 g/mol. The third kappa shape index (κ3) is 13.1. The molecule has 4 heterocycles. The van der Waals surface area contributed by atoms with Gasteiger partial charge >= 0.3 is 11.9 Å². The number of hydrogen-bond acceptors (Lipinski definition) is 15. The quantitative estimate of drug-likeness (QED) is 0.0463. The van der Waals surface area contributed by atoms with Gasteiger partial charge < -0.3 is 71.2 Å². The van der Waals surface area contributed by atoms with Gasteiger partial charge in [-0.1, -0.05) is 0 Å². The number of hydrogen-bond donors (Lipinski definition) is 9. The number of likely N-dealkylation sites (tertiary alicyclic amines) is 2. The maximum atomic E-state index is 14.7. The van der Waals surface area contributed by atoms with Gasteiger partial charge in [-0.3, -0.25) is 39.6 Å². The highest BCUT2D eigenvalue weighted by Crippen LogP contribution is 2.29. The van der Waals surface area contributed by atoms with Crippen LogP contribution < -0.4 is 31.9 Å². The summed E-state index contributed by atoms with van der Waals surface area (Å²) in [6, 6.07) is 16.8. The van der Waals surface area contributed by atoms with Crippen LogP contribution in [-0.4, -0.2) is 167 Å². The number of benzene rings is 4. The van der Waals surface area contributed by atoms with E-state index in [1.807, 2.05) is 0 Å². The lowest BCUT2D eigenvalue weighted by atomic mass is 10.1. The highest BCUT2D eigenvalue weighted by atomic mass is 19.1. The molecule has 4 aliphatic rings. The number of esters is 1. The zero-order valence-corrected chi connectivity index (χ0v) is 41.9. The van der Waals surface area contributed by atoms with Crippen molar-refractivity contribution in [3.63, 3.8) is 0 Å². The highest BCUT2D eigenvalue weighted by Gasteiger charge is 2.42. The number of morpholine rings is 2. The third-order valence-electron chi connectivity index (χ3n) is 13.0. The Balaban J connectivity index is 0.000000226. The van der Waals surface area contributed by atoms with Crippen molar-refractivity contribution < 1.29 is 76.7 Å². The summed E-state index contributed by atoms with van der Waals surface area (Å²) in [4.78, 5) is 106. The molecule has 0 spiro atoms. The molecule has 6 amide bonds. The Hall–Kier alpha value is -8.72. The summed E-state index contributed by atoms with van der Waals surface area (Å²) in [5, 5.41) is 50.3. The summed E-state index contributed by atoms with van der Waals surface area (Å²) in [6.07, 6.45) is -5.19. The first kappa shape index (κ1) is 57.0. The van der Waals surface area contributed by atoms with Gasteiger partial charge in [0.25, 0.3) is 35.4 Å². The van der Waals surface area contributed by atoms with Crippen molar-refractivity contribution in [2.45, 2.75) is 69.1 Å². The Morgan fingerprint density at radius 2 is 1.04 bits per heavy atom. The summed E-state index contributed by atoms with van der Waals surface area (Å²) in [5.41, 5.74) is 12.1. The summed E-state index contributed by atoms with van der Waals surface area (Å²) in [5.74, 6) is -8.31. The molecule has 0 aliphatic carbocycles. The maximum absolute atomic E-state index is 14.7. The van der Waals surface area contributed by atoms with E-state index in [1.54, 1.807) is 6.92 Å². The normalized spacial score (nSPS) is 20.0.